The van der Waals surface area contributed by atoms with E-state index in [0.717, 1.165) is 0 Å². The Morgan fingerprint density at radius 1 is 0.920 bits per heavy atom. The molecule has 7 nitrogen and oxygen atoms in total. The van der Waals surface area contributed by atoms with Crippen molar-refractivity contribution in [2.24, 2.45) is 0 Å². The lowest BCUT2D eigenvalue weighted by atomic mass is 10.1. The van der Waals surface area contributed by atoms with Gasteiger partial charge in [0.1, 0.15) is 0 Å². The van der Waals surface area contributed by atoms with Crippen LogP contribution in [0.25, 0.3) is 10.8 Å². The van der Waals surface area contributed by atoms with Crippen molar-refractivity contribution in [3.63, 3.8) is 0 Å². The third-order valence-electron chi connectivity index (χ3n) is 3.61. The van der Waals surface area contributed by atoms with Crippen LogP contribution < -0.4 is 10.6 Å². The lowest BCUT2D eigenvalue weighted by Crippen LogP contribution is -2.04. The monoisotopic (exact) mass is 379 g/mol. The molecule has 0 bridgehead atoms. The summed E-state index contributed by atoms with van der Waals surface area (Å²) in [4.78, 5) is 18.3. The molecule has 0 unspecified atom stereocenters. The number of hydrogen-bond donors (Lipinski definition) is 4. The van der Waals surface area contributed by atoms with Crippen LogP contribution in [0.5, 0.6) is 0 Å². The molecule has 0 aliphatic carbocycles. The van der Waals surface area contributed by atoms with Gasteiger partial charge in [0.2, 0.25) is 0 Å². The van der Waals surface area contributed by atoms with Gasteiger partial charge in [0.05, 0.1) is 10.2 Å². The molecule has 0 fully saturated rings. The molecule has 0 saturated carbocycles. The largest absolute Gasteiger partial charge is 0.356 e. The Morgan fingerprint density at radius 3 is 2.32 bits per heavy atom. The molecule has 0 atom stereocenters. The van der Waals surface area contributed by atoms with Crippen LogP contribution in [0.1, 0.15) is 0 Å². The van der Waals surface area contributed by atoms with Gasteiger partial charge in [-0.1, -0.05) is 24.3 Å². The number of benzene rings is 3. The molecule has 0 aliphatic heterocycles. The molecule has 3 rings (SSSR count). The Bertz CT molecular complexity index is 1110. The quantitative estimate of drug-likeness (QED) is 0.406. The highest BCUT2D eigenvalue weighted by atomic mass is 32.2. The summed E-state index contributed by atoms with van der Waals surface area (Å²) in [5.74, 6) is 0. The van der Waals surface area contributed by atoms with E-state index in [1.54, 1.807) is 30.3 Å². The van der Waals surface area contributed by atoms with E-state index in [0.29, 0.717) is 22.1 Å². The topological polar surface area (TPSA) is 124 Å². The van der Waals surface area contributed by atoms with Gasteiger partial charge in [-0.3, -0.25) is 9.12 Å². The Hall–Kier alpha value is -2.22. The van der Waals surface area contributed by atoms with Crippen LogP contribution in [0.15, 0.2) is 65.6 Å². The van der Waals surface area contributed by atoms with Crippen LogP contribution in [0.4, 0.5) is 11.4 Å². The Morgan fingerprint density at radius 2 is 1.64 bits per heavy atom. The first kappa shape index (κ1) is 17.6. The maximum atomic E-state index is 11.4. The van der Waals surface area contributed by atoms with Gasteiger partial charge in [0, 0.05) is 16.8 Å². The highest BCUT2D eigenvalue weighted by Gasteiger charge is 2.17. The van der Waals surface area contributed by atoms with E-state index in [-0.39, 0.29) is 10.2 Å². The zero-order valence-electron chi connectivity index (χ0n) is 12.7. The molecule has 0 aliphatic rings. The fraction of sp³-hybridized carbons (Fsp3) is 0. The first-order valence-electron chi connectivity index (χ1n) is 7.08. The lowest BCUT2D eigenvalue weighted by molar-refractivity contribution is 0.387. The Kier molecular flexibility index (Phi) is 4.40. The van der Waals surface area contributed by atoms with Gasteiger partial charge in [-0.15, -0.1) is 0 Å². The van der Waals surface area contributed by atoms with Gasteiger partial charge in [0.15, 0.2) is 0 Å². The summed E-state index contributed by atoms with van der Waals surface area (Å²) in [6.45, 7) is 0. The minimum absolute atomic E-state index is 0.105. The van der Waals surface area contributed by atoms with Crippen molar-refractivity contribution in [1.29, 1.82) is 0 Å². The second kappa shape index (κ2) is 6.25. The van der Waals surface area contributed by atoms with Crippen LogP contribution >= 0.6 is 7.60 Å². The molecule has 3 aromatic rings. The maximum absolute atomic E-state index is 11.4. The molecular weight excluding hydrogens is 365 g/mol. The first-order valence-corrected chi connectivity index (χ1v) is 10.1. The fourth-order valence-electron chi connectivity index (χ4n) is 2.45. The van der Waals surface area contributed by atoms with Gasteiger partial charge < -0.3 is 15.1 Å². The first-order chi connectivity index (χ1) is 11.6. The SMILES string of the molecule is O=P(O)(O)c1cccc(Nc2cccc3cc(S(=O)(=O)O)ccc23)c1. The van der Waals surface area contributed by atoms with E-state index in [9.17, 15) is 22.8 Å². The number of anilines is 2. The van der Waals surface area contributed by atoms with E-state index < -0.39 is 17.7 Å². The summed E-state index contributed by atoms with van der Waals surface area (Å²) in [7, 11) is -8.65. The molecule has 0 radical (unpaired) electrons. The van der Waals surface area contributed by atoms with E-state index >= 15 is 0 Å². The molecular formula is C16H14NO6PS. The van der Waals surface area contributed by atoms with Gasteiger partial charge in [-0.05, 0) is 41.8 Å². The summed E-state index contributed by atoms with van der Waals surface area (Å²) in [6, 6.07) is 15.2. The van der Waals surface area contributed by atoms with Crippen molar-refractivity contribution in [3.05, 3.63) is 60.7 Å². The van der Waals surface area contributed by atoms with Gasteiger partial charge >= 0.3 is 7.60 Å². The van der Waals surface area contributed by atoms with Gasteiger partial charge in [-0.2, -0.15) is 8.42 Å². The van der Waals surface area contributed by atoms with E-state index in [4.69, 9.17) is 4.55 Å². The number of hydrogen-bond acceptors (Lipinski definition) is 4. The highest BCUT2D eigenvalue weighted by Crippen LogP contribution is 2.34. The van der Waals surface area contributed by atoms with Crippen LogP contribution in [-0.2, 0) is 14.7 Å². The smallest absolute Gasteiger partial charge is 0.355 e. The standard InChI is InChI=1S/C16H14NO6PS/c18-24(19,20)13-5-2-4-12(10-13)17-16-6-1-3-11-9-14(25(21,22)23)7-8-15(11)16/h1-10,17H,(H2,18,19,20)(H,21,22,23). The summed E-state index contributed by atoms with van der Waals surface area (Å²) >= 11 is 0. The summed E-state index contributed by atoms with van der Waals surface area (Å²) in [5, 5.41) is 4.24. The Labute approximate surface area is 143 Å². The average molecular weight is 379 g/mol. The minimum Gasteiger partial charge on any atom is -0.355 e. The molecule has 25 heavy (non-hydrogen) atoms. The highest BCUT2D eigenvalue weighted by molar-refractivity contribution is 7.85. The van der Waals surface area contributed by atoms with Crippen LogP contribution in [0.2, 0.25) is 0 Å². The molecule has 0 amide bonds. The summed E-state index contributed by atoms with van der Waals surface area (Å²) in [6.07, 6.45) is 0. The van der Waals surface area contributed by atoms with Gasteiger partial charge in [0.25, 0.3) is 10.1 Å². The minimum atomic E-state index is -4.36. The molecule has 130 valence electrons. The zero-order valence-corrected chi connectivity index (χ0v) is 14.4. The Balaban J connectivity index is 2.04. The van der Waals surface area contributed by atoms with Crippen molar-refractivity contribution in [1.82, 2.24) is 0 Å². The summed E-state index contributed by atoms with van der Waals surface area (Å²) in [5.41, 5.74) is 1.11. The van der Waals surface area contributed by atoms with E-state index in [1.807, 2.05) is 0 Å². The summed E-state index contributed by atoms with van der Waals surface area (Å²) < 4.78 is 43.0. The second-order valence-electron chi connectivity index (χ2n) is 5.38. The van der Waals surface area contributed by atoms with Gasteiger partial charge in [-0.25, -0.2) is 0 Å². The zero-order chi connectivity index (χ0) is 18.2. The number of fused-ring (bicyclic) bond motifs is 1. The van der Waals surface area contributed by atoms with Crippen molar-refractivity contribution in [2.45, 2.75) is 4.90 Å². The predicted octanol–water partition coefficient (Wildman–Crippen LogP) is 2.63. The normalized spacial score (nSPS) is 12.3. The van der Waals surface area contributed by atoms with Crippen molar-refractivity contribution in [3.8, 4) is 0 Å². The average Bonchev–Trinajstić information content (AvgIpc) is 2.53. The van der Waals surface area contributed by atoms with Crippen molar-refractivity contribution >= 4 is 45.2 Å². The second-order valence-corrected chi connectivity index (χ2v) is 8.41. The lowest BCUT2D eigenvalue weighted by Gasteiger charge is -2.12. The maximum Gasteiger partial charge on any atom is 0.356 e. The van der Waals surface area contributed by atoms with Crippen molar-refractivity contribution in [2.75, 3.05) is 5.32 Å². The molecule has 3 aromatic carbocycles. The fourth-order valence-corrected chi connectivity index (χ4v) is 3.56. The third-order valence-corrected chi connectivity index (χ3v) is 5.41. The molecule has 0 heterocycles. The van der Waals surface area contributed by atoms with Crippen LogP contribution in [0.3, 0.4) is 0 Å². The predicted molar refractivity (Wildman–Crippen MR) is 95.2 cm³/mol. The van der Waals surface area contributed by atoms with Crippen molar-refractivity contribution < 1.29 is 27.3 Å². The van der Waals surface area contributed by atoms with Crippen LogP contribution in [-0.4, -0.2) is 22.8 Å². The molecule has 0 aromatic heterocycles. The molecule has 0 saturated heterocycles. The van der Waals surface area contributed by atoms with Crippen LogP contribution in [0, 0.1) is 0 Å². The molecule has 9 heteroatoms. The third kappa shape index (κ3) is 3.89. The van der Waals surface area contributed by atoms with E-state index in [1.165, 1.54) is 30.3 Å². The number of rotatable bonds is 4. The molecule has 0 spiro atoms. The molecule has 4 N–H and O–H groups in total. The van der Waals surface area contributed by atoms with E-state index in [2.05, 4.69) is 5.32 Å². The number of nitrogens with one attached hydrogen (secondary N) is 1.